The molecule has 0 aliphatic carbocycles. The highest BCUT2D eigenvalue weighted by Gasteiger charge is 2.27. The molecule has 1 amide bonds. The molecule has 6 nitrogen and oxygen atoms in total. The van der Waals surface area contributed by atoms with Gasteiger partial charge in [-0.05, 0) is 79.1 Å². The molecule has 0 saturated heterocycles. The molecule has 33 heavy (non-hydrogen) atoms. The lowest BCUT2D eigenvalue weighted by molar-refractivity contribution is -0.123. The van der Waals surface area contributed by atoms with Crippen LogP contribution < -0.4 is 16.4 Å². The Hall–Kier alpha value is -3.51. The van der Waals surface area contributed by atoms with Crippen molar-refractivity contribution < 1.29 is 15.0 Å². The van der Waals surface area contributed by atoms with E-state index >= 15 is 0 Å². The molecule has 0 fully saturated rings. The number of nitrogens with one attached hydrogen (secondary N) is 2. The summed E-state index contributed by atoms with van der Waals surface area (Å²) in [5, 5.41) is 26.8. The molecule has 0 spiro atoms. The molecule has 4 rings (SSSR count). The molecule has 1 aliphatic rings. The van der Waals surface area contributed by atoms with Crippen LogP contribution in [0.4, 0.5) is 5.69 Å². The number of carbonyl (C=O) groups is 1. The van der Waals surface area contributed by atoms with Crippen LogP contribution in [0.1, 0.15) is 45.8 Å². The number of nitrogens with two attached hydrogens (primary N) is 1. The lowest BCUT2D eigenvalue weighted by Crippen LogP contribution is -2.44. The predicted octanol–water partition coefficient (Wildman–Crippen LogP) is 3.85. The molecule has 3 aromatic carbocycles. The summed E-state index contributed by atoms with van der Waals surface area (Å²) in [6, 6.07) is 16.3. The standard InChI is InChI=1S/C27H31N3O3/c1-16-10-20(31)11-17(2)21(16)15-23(28)27(33)30-24-8-9-29-26-22(24)13-19(14-25(26)32)12-18-6-4-3-5-7-18/h3-7,10-11,13-14,23-24,29,31-32H,8-9,12,15,28H2,1-2H3,(H,30,33). The summed E-state index contributed by atoms with van der Waals surface area (Å²) >= 11 is 0. The van der Waals surface area contributed by atoms with Crippen LogP contribution in [0.2, 0.25) is 0 Å². The van der Waals surface area contributed by atoms with Crippen LogP contribution in [0, 0.1) is 13.8 Å². The SMILES string of the molecule is Cc1cc(O)cc(C)c1CC(N)C(=O)NC1CCNc2c(O)cc(Cc3ccccc3)cc21. The Kier molecular flexibility index (Phi) is 6.56. The van der Waals surface area contributed by atoms with Crippen molar-refractivity contribution in [2.75, 3.05) is 11.9 Å². The maximum absolute atomic E-state index is 13.0. The fourth-order valence-electron chi connectivity index (χ4n) is 4.64. The van der Waals surface area contributed by atoms with E-state index in [0.29, 0.717) is 31.5 Å². The van der Waals surface area contributed by atoms with Gasteiger partial charge in [0.2, 0.25) is 5.91 Å². The maximum Gasteiger partial charge on any atom is 0.237 e. The minimum Gasteiger partial charge on any atom is -0.508 e. The quantitative estimate of drug-likeness (QED) is 0.371. The first-order valence-electron chi connectivity index (χ1n) is 11.3. The number of carbonyl (C=O) groups excluding carboxylic acids is 1. The van der Waals surface area contributed by atoms with Gasteiger partial charge in [-0.15, -0.1) is 0 Å². The normalized spacial score (nSPS) is 15.9. The van der Waals surface area contributed by atoms with E-state index in [1.54, 1.807) is 18.2 Å². The van der Waals surface area contributed by atoms with Crippen molar-refractivity contribution in [3.63, 3.8) is 0 Å². The van der Waals surface area contributed by atoms with E-state index in [1.165, 1.54) is 0 Å². The third kappa shape index (κ3) is 5.12. The van der Waals surface area contributed by atoms with Gasteiger partial charge in [0.05, 0.1) is 17.8 Å². The van der Waals surface area contributed by atoms with Gasteiger partial charge in [-0.2, -0.15) is 0 Å². The summed E-state index contributed by atoms with van der Waals surface area (Å²) in [6.07, 6.45) is 1.79. The number of aromatic hydroxyl groups is 2. The van der Waals surface area contributed by atoms with E-state index in [1.807, 2.05) is 32.0 Å². The highest BCUT2D eigenvalue weighted by molar-refractivity contribution is 5.83. The van der Waals surface area contributed by atoms with Crippen molar-refractivity contribution in [3.8, 4) is 11.5 Å². The minimum absolute atomic E-state index is 0.192. The van der Waals surface area contributed by atoms with E-state index in [4.69, 9.17) is 5.73 Å². The zero-order valence-electron chi connectivity index (χ0n) is 19.1. The number of rotatable bonds is 6. The summed E-state index contributed by atoms with van der Waals surface area (Å²) in [4.78, 5) is 13.0. The first kappa shape index (κ1) is 22.7. The van der Waals surface area contributed by atoms with Crippen molar-refractivity contribution in [3.05, 3.63) is 88.0 Å². The van der Waals surface area contributed by atoms with E-state index in [-0.39, 0.29) is 23.4 Å². The minimum atomic E-state index is -0.716. The number of anilines is 1. The second-order valence-electron chi connectivity index (χ2n) is 8.89. The summed E-state index contributed by atoms with van der Waals surface area (Å²) in [5.74, 6) is 0.175. The molecule has 1 aliphatic heterocycles. The second-order valence-corrected chi connectivity index (χ2v) is 8.89. The molecular weight excluding hydrogens is 414 g/mol. The molecule has 172 valence electrons. The molecule has 0 radical (unpaired) electrons. The van der Waals surface area contributed by atoms with E-state index in [2.05, 4.69) is 28.8 Å². The average molecular weight is 446 g/mol. The Labute approximate surface area is 194 Å². The Morgan fingerprint density at radius 2 is 1.79 bits per heavy atom. The number of hydrogen-bond acceptors (Lipinski definition) is 5. The molecule has 0 saturated carbocycles. The topological polar surface area (TPSA) is 108 Å². The number of benzene rings is 3. The largest absolute Gasteiger partial charge is 0.508 e. The molecule has 6 N–H and O–H groups in total. The number of amides is 1. The Morgan fingerprint density at radius 3 is 2.48 bits per heavy atom. The number of fused-ring (bicyclic) bond motifs is 1. The zero-order valence-corrected chi connectivity index (χ0v) is 19.1. The van der Waals surface area contributed by atoms with Gasteiger partial charge in [0, 0.05) is 12.1 Å². The highest BCUT2D eigenvalue weighted by Crippen LogP contribution is 2.38. The lowest BCUT2D eigenvalue weighted by Gasteiger charge is -2.30. The van der Waals surface area contributed by atoms with Crippen LogP contribution in [-0.4, -0.2) is 28.7 Å². The number of hydrogen-bond donors (Lipinski definition) is 5. The highest BCUT2D eigenvalue weighted by atomic mass is 16.3. The number of phenolic OH excluding ortho intramolecular Hbond substituents is 2. The average Bonchev–Trinajstić information content (AvgIpc) is 2.77. The van der Waals surface area contributed by atoms with Crippen molar-refractivity contribution in [2.45, 2.75) is 45.2 Å². The first-order chi connectivity index (χ1) is 15.8. The predicted molar refractivity (Wildman–Crippen MR) is 131 cm³/mol. The van der Waals surface area contributed by atoms with Crippen molar-refractivity contribution in [1.82, 2.24) is 5.32 Å². The van der Waals surface area contributed by atoms with Crippen molar-refractivity contribution in [1.29, 1.82) is 0 Å². The van der Waals surface area contributed by atoms with Crippen molar-refractivity contribution >= 4 is 11.6 Å². The number of aryl methyl sites for hydroxylation is 2. The van der Waals surface area contributed by atoms with Gasteiger partial charge in [-0.3, -0.25) is 4.79 Å². The molecular formula is C27H31N3O3. The van der Waals surface area contributed by atoms with Crippen LogP contribution in [0.3, 0.4) is 0 Å². The van der Waals surface area contributed by atoms with Gasteiger partial charge in [0.15, 0.2) is 0 Å². The molecule has 3 aromatic rings. The van der Waals surface area contributed by atoms with Crippen LogP contribution in [-0.2, 0) is 17.6 Å². The summed E-state index contributed by atoms with van der Waals surface area (Å²) in [6.45, 7) is 4.47. The van der Waals surface area contributed by atoms with Crippen LogP contribution in [0.25, 0.3) is 0 Å². The number of phenols is 2. The Morgan fingerprint density at radius 1 is 1.09 bits per heavy atom. The third-order valence-corrected chi connectivity index (χ3v) is 6.33. The van der Waals surface area contributed by atoms with Gasteiger partial charge in [0.25, 0.3) is 0 Å². The Bertz CT molecular complexity index is 1140. The van der Waals surface area contributed by atoms with E-state index in [9.17, 15) is 15.0 Å². The van der Waals surface area contributed by atoms with E-state index in [0.717, 1.165) is 33.4 Å². The second kappa shape index (κ2) is 9.55. The summed E-state index contributed by atoms with van der Waals surface area (Å²) in [7, 11) is 0. The molecule has 0 aromatic heterocycles. The lowest BCUT2D eigenvalue weighted by atomic mass is 9.92. The van der Waals surface area contributed by atoms with Gasteiger partial charge in [-0.25, -0.2) is 0 Å². The zero-order chi connectivity index (χ0) is 23.5. The van der Waals surface area contributed by atoms with Gasteiger partial charge in [-0.1, -0.05) is 36.4 Å². The maximum atomic E-state index is 13.0. The fraction of sp³-hybridized carbons (Fsp3) is 0.296. The Balaban J connectivity index is 1.52. The fourth-order valence-corrected chi connectivity index (χ4v) is 4.64. The van der Waals surface area contributed by atoms with Gasteiger partial charge >= 0.3 is 0 Å². The molecule has 1 heterocycles. The molecule has 2 unspecified atom stereocenters. The first-order valence-corrected chi connectivity index (χ1v) is 11.3. The molecule has 0 bridgehead atoms. The summed E-state index contributed by atoms with van der Waals surface area (Å²) in [5.41, 5.74) is 12.8. The van der Waals surface area contributed by atoms with Gasteiger partial charge < -0.3 is 26.6 Å². The third-order valence-electron chi connectivity index (χ3n) is 6.33. The summed E-state index contributed by atoms with van der Waals surface area (Å²) < 4.78 is 0. The monoisotopic (exact) mass is 445 g/mol. The van der Waals surface area contributed by atoms with Crippen LogP contribution >= 0.6 is 0 Å². The van der Waals surface area contributed by atoms with Crippen LogP contribution in [0.5, 0.6) is 11.5 Å². The van der Waals surface area contributed by atoms with Crippen LogP contribution in [0.15, 0.2) is 54.6 Å². The van der Waals surface area contributed by atoms with Crippen molar-refractivity contribution in [2.24, 2.45) is 5.73 Å². The smallest absolute Gasteiger partial charge is 0.237 e. The van der Waals surface area contributed by atoms with E-state index < -0.39 is 6.04 Å². The van der Waals surface area contributed by atoms with Gasteiger partial charge in [0.1, 0.15) is 11.5 Å². The molecule has 6 heteroatoms. The molecule has 2 atom stereocenters.